The number of carbonyl (C=O) groups is 1. The quantitative estimate of drug-likeness (QED) is 0.340. The fourth-order valence-corrected chi connectivity index (χ4v) is 5.71. The molecule has 0 spiro atoms. The van der Waals surface area contributed by atoms with E-state index in [-0.39, 0.29) is 18.1 Å². The Morgan fingerprint density at radius 3 is 2.58 bits per heavy atom. The summed E-state index contributed by atoms with van der Waals surface area (Å²) in [4.78, 5) is 41.4. The number of ether oxygens (including phenoxy) is 1. The van der Waals surface area contributed by atoms with Crippen LogP contribution < -0.4 is 25.6 Å². The van der Waals surface area contributed by atoms with Crippen LogP contribution in [0.3, 0.4) is 0 Å². The van der Waals surface area contributed by atoms with Crippen molar-refractivity contribution in [3.63, 3.8) is 0 Å². The molecule has 2 N–H and O–H groups in total. The third-order valence-corrected chi connectivity index (χ3v) is 8.03. The average molecular weight is 582 g/mol. The van der Waals surface area contributed by atoms with Gasteiger partial charge in [0, 0.05) is 75.4 Å². The van der Waals surface area contributed by atoms with Gasteiger partial charge in [0.2, 0.25) is 0 Å². The first-order valence-electron chi connectivity index (χ1n) is 14.3. The molecule has 43 heavy (non-hydrogen) atoms. The summed E-state index contributed by atoms with van der Waals surface area (Å²) in [7, 11) is 5.65. The van der Waals surface area contributed by atoms with E-state index in [9.17, 15) is 14.7 Å². The number of hydrogen-bond donors (Lipinski definition) is 2. The third-order valence-electron chi connectivity index (χ3n) is 8.03. The highest BCUT2D eigenvalue weighted by molar-refractivity contribution is 6.09. The standard InChI is InChI=1S/C32H35N7O4/c1-36(2)23-7-8-25-21(15-23)9-10-39(31(25)41)28-6-4-5-24(26(28)19-40)22-16-27(32(42)37(3)18-22)35-29-17-30(34-20-33-29)38-11-13-43-14-12-38/h4-8,15-18,20,40H,9-14,19H2,1-3H3,(H,33,34,35). The van der Waals surface area contributed by atoms with E-state index in [1.54, 1.807) is 24.2 Å². The number of aliphatic hydroxyl groups is 1. The number of nitrogens with one attached hydrogen (secondary N) is 1. The van der Waals surface area contributed by atoms with E-state index in [0.29, 0.717) is 54.5 Å². The maximum atomic E-state index is 13.7. The van der Waals surface area contributed by atoms with Gasteiger partial charge in [-0.05, 0) is 47.9 Å². The van der Waals surface area contributed by atoms with Gasteiger partial charge in [-0.3, -0.25) is 9.59 Å². The summed E-state index contributed by atoms with van der Waals surface area (Å²) in [6.45, 7) is 2.95. The van der Waals surface area contributed by atoms with Gasteiger partial charge in [0.05, 0.1) is 25.5 Å². The lowest BCUT2D eigenvalue weighted by atomic mass is 9.94. The van der Waals surface area contributed by atoms with E-state index >= 15 is 0 Å². The van der Waals surface area contributed by atoms with E-state index < -0.39 is 0 Å². The topological polar surface area (TPSA) is 116 Å². The number of pyridine rings is 1. The van der Waals surface area contributed by atoms with E-state index in [0.717, 1.165) is 41.3 Å². The fourth-order valence-electron chi connectivity index (χ4n) is 5.71. The highest BCUT2D eigenvalue weighted by Gasteiger charge is 2.28. The molecule has 0 saturated carbocycles. The largest absolute Gasteiger partial charge is 0.392 e. The summed E-state index contributed by atoms with van der Waals surface area (Å²) in [6, 6.07) is 15.1. The molecule has 2 aliphatic heterocycles. The SMILES string of the molecule is CN(C)c1ccc2c(c1)CCN(c1cccc(-c3cc(Nc4cc(N5CCOCC5)ncn4)c(=O)n(C)c3)c1CO)C2=O. The van der Waals surface area contributed by atoms with Crippen molar-refractivity contribution in [2.75, 3.05) is 67.0 Å². The third kappa shape index (κ3) is 5.56. The van der Waals surface area contributed by atoms with Crippen LogP contribution in [0.1, 0.15) is 21.5 Å². The van der Waals surface area contributed by atoms with Gasteiger partial charge in [-0.2, -0.15) is 0 Å². The summed E-state index contributed by atoms with van der Waals surface area (Å²) < 4.78 is 6.94. The van der Waals surface area contributed by atoms with Gasteiger partial charge >= 0.3 is 0 Å². The van der Waals surface area contributed by atoms with Crippen LogP contribution in [0.25, 0.3) is 11.1 Å². The Balaban J connectivity index is 1.33. The highest BCUT2D eigenvalue weighted by atomic mass is 16.5. The molecule has 0 aliphatic carbocycles. The maximum Gasteiger partial charge on any atom is 0.274 e. The molecule has 6 rings (SSSR count). The molecule has 0 unspecified atom stereocenters. The second kappa shape index (κ2) is 11.9. The average Bonchev–Trinajstić information content (AvgIpc) is 3.03. The zero-order valence-corrected chi connectivity index (χ0v) is 24.6. The summed E-state index contributed by atoms with van der Waals surface area (Å²) in [5, 5.41) is 13.8. The summed E-state index contributed by atoms with van der Waals surface area (Å²) in [5.41, 5.74) is 5.57. The van der Waals surface area contributed by atoms with Crippen LogP contribution in [0.5, 0.6) is 0 Å². The molecule has 1 saturated heterocycles. The number of fused-ring (bicyclic) bond motifs is 1. The molecule has 11 heteroatoms. The first kappa shape index (κ1) is 28.4. The Hall–Kier alpha value is -4.74. The normalized spacial score (nSPS) is 14.9. The smallest absolute Gasteiger partial charge is 0.274 e. The lowest BCUT2D eigenvalue weighted by Gasteiger charge is -2.31. The van der Waals surface area contributed by atoms with Crippen LogP contribution in [0.4, 0.5) is 28.7 Å². The molecule has 0 radical (unpaired) electrons. The molecule has 4 heterocycles. The number of carbonyl (C=O) groups excluding carboxylic acids is 1. The molecule has 2 aromatic carbocycles. The number of rotatable bonds is 7. The maximum absolute atomic E-state index is 13.7. The Morgan fingerprint density at radius 2 is 1.81 bits per heavy atom. The molecule has 0 atom stereocenters. The Labute approximate surface area is 250 Å². The number of amides is 1. The first-order chi connectivity index (χ1) is 20.8. The minimum atomic E-state index is -0.276. The number of aromatic nitrogens is 3. The van der Waals surface area contributed by atoms with Crippen LogP contribution in [0, 0.1) is 0 Å². The van der Waals surface area contributed by atoms with E-state index in [4.69, 9.17) is 4.74 Å². The zero-order chi connectivity index (χ0) is 30.1. The monoisotopic (exact) mass is 581 g/mol. The molecular weight excluding hydrogens is 546 g/mol. The van der Waals surface area contributed by atoms with Gasteiger partial charge in [0.15, 0.2) is 0 Å². The minimum Gasteiger partial charge on any atom is -0.392 e. The molecule has 222 valence electrons. The van der Waals surface area contributed by atoms with Crippen LogP contribution in [0.15, 0.2) is 65.8 Å². The van der Waals surface area contributed by atoms with Crippen molar-refractivity contribution in [1.29, 1.82) is 0 Å². The predicted octanol–water partition coefficient (Wildman–Crippen LogP) is 3.18. The molecule has 1 fully saturated rings. The van der Waals surface area contributed by atoms with Gasteiger partial charge in [-0.15, -0.1) is 0 Å². The van der Waals surface area contributed by atoms with Gasteiger partial charge < -0.3 is 34.4 Å². The lowest BCUT2D eigenvalue weighted by Crippen LogP contribution is -2.38. The Bertz CT molecular complexity index is 1730. The lowest BCUT2D eigenvalue weighted by molar-refractivity contribution is 0.0980. The van der Waals surface area contributed by atoms with Gasteiger partial charge in [0.1, 0.15) is 23.7 Å². The van der Waals surface area contributed by atoms with Crippen LogP contribution >= 0.6 is 0 Å². The minimum absolute atomic E-state index is 0.0962. The summed E-state index contributed by atoms with van der Waals surface area (Å²) in [6.07, 6.45) is 3.92. The Kier molecular flexibility index (Phi) is 7.83. The van der Waals surface area contributed by atoms with Crippen molar-refractivity contribution in [3.05, 3.63) is 88.1 Å². The number of hydrogen-bond acceptors (Lipinski definition) is 9. The second-order valence-electron chi connectivity index (χ2n) is 10.9. The van der Waals surface area contributed by atoms with Crippen molar-refractivity contribution in [2.24, 2.45) is 7.05 Å². The van der Waals surface area contributed by atoms with Crippen molar-refractivity contribution in [1.82, 2.24) is 14.5 Å². The van der Waals surface area contributed by atoms with Crippen molar-refractivity contribution < 1.29 is 14.6 Å². The van der Waals surface area contributed by atoms with Gasteiger partial charge in [-0.1, -0.05) is 12.1 Å². The number of benzene rings is 2. The Morgan fingerprint density at radius 1 is 1.00 bits per heavy atom. The number of morpholine rings is 1. The molecule has 0 bridgehead atoms. The molecular formula is C32H35N7O4. The fraction of sp³-hybridized carbons (Fsp3) is 0.312. The van der Waals surface area contributed by atoms with Crippen molar-refractivity contribution in [2.45, 2.75) is 13.0 Å². The zero-order valence-electron chi connectivity index (χ0n) is 24.6. The van der Waals surface area contributed by atoms with Crippen molar-refractivity contribution in [3.8, 4) is 11.1 Å². The van der Waals surface area contributed by atoms with Crippen LogP contribution in [-0.2, 0) is 24.8 Å². The molecule has 2 aliphatic rings. The second-order valence-corrected chi connectivity index (χ2v) is 10.9. The molecule has 4 aromatic rings. The highest BCUT2D eigenvalue weighted by Crippen LogP contribution is 2.35. The first-order valence-corrected chi connectivity index (χ1v) is 14.3. The van der Waals surface area contributed by atoms with Gasteiger partial charge in [0.25, 0.3) is 11.5 Å². The number of aliphatic hydroxyl groups excluding tert-OH is 1. The molecule has 2 aromatic heterocycles. The van der Waals surface area contributed by atoms with Crippen LogP contribution in [-0.4, -0.2) is 72.5 Å². The number of anilines is 5. The van der Waals surface area contributed by atoms with E-state index in [1.807, 2.05) is 55.4 Å². The molecule has 1 amide bonds. The van der Waals surface area contributed by atoms with E-state index in [2.05, 4.69) is 26.3 Å². The van der Waals surface area contributed by atoms with E-state index in [1.165, 1.54) is 10.9 Å². The van der Waals surface area contributed by atoms with Gasteiger partial charge in [-0.25, -0.2) is 9.97 Å². The predicted molar refractivity (Wildman–Crippen MR) is 168 cm³/mol. The number of aryl methyl sites for hydroxylation is 1. The number of nitrogens with zero attached hydrogens (tertiary/aromatic N) is 6. The molecule has 11 nitrogen and oxygen atoms in total. The van der Waals surface area contributed by atoms with Crippen molar-refractivity contribution >= 4 is 34.6 Å². The summed E-state index contributed by atoms with van der Waals surface area (Å²) >= 11 is 0. The van der Waals surface area contributed by atoms with Crippen LogP contribution in [0.2, 0.25) is 0 Å². The summed E-state index contributed by atoms with van der Waals surface area (Å²) in [5.74, 6) is 1.16.